The lowest BCUT2D eigenvalue weighted by molar-refractivity contribution is -0.136. The van der Waals surface area contributed by atoms with Gasteiger partial charge >= 0.3 is 5.91 Å². The first-order valence-electron chi connectivity index (χ1n) is 13.8. The zero-order valence-electron chi connectivity index (χ0n) is 23.5. The lowest BCUT2D eigenvalue weighted by atomic mass is 10.1. The molecule has 1 aromatic carbocycles. The Morgan fingerprint density at radius 2 is 1.90 bits per heavy atom. The maximum absolute atomic E-state index is 14.0. The molecule has 3 aliphatic rings. The third kappa shape index (κ3) is 5.37. The number of nitrogens with zero attached hydrogens (tertiary/aromatic N) is 6. The van der Waals surface area contributed by atoms with Gasteiger partial charge in [0, 0.05) is 62.5 Å². The Labute approximate surface area is 248 Å². The smallest absolute Gasteiger partial charge is 0.310 e. The number of halogens is 1. The van der Waals surface area contributed by atoms with Crippen LogP contribution in [0.3, 0.4) is 0 Å². The molecular formula is C27H33ClN6O7S. The molecule has 3 aromatic rings. The Hall–Kier alpha value is -3.17. The topological polar surface area (TPSA) is 131 Å². The van der Waals surface area contributed by atoms with Crippen molar-refractivity contribution in [1.82, 2.24) is 28.7 Å². The van der Waals surface area contributed by atoms with Crippen LogP contribution in [0.25, 0.3) is 10.9 Å². The van der Waals surface area contributed by atoms with Gasteiger partial charge in [0.2, 0.25) is 5.91 Å². The zero-order chi connectivity index (χ0) is 29.6. The fourth-order valence-electron chi connectivity index (χ4n) is 5.80. The molecule has 2 aromatic heterocycles. The minimum Gasteiger partial charge on any atom is -0.436 e. The van der Waals surface area contributed by atoms with Crippen LogP contribution in [-0.2, 0) is 32.5 Å². The molecule has 226 valence electrons. The summed E-state index contributed by atoms with van der Waals surface area (Å²) in [6, 6.07) is 5.79. The van der Waals surface area contributed by atoms with E-state index in [1.54, 1.807) is 23.1 Å². The van der Waals surface area contributed by atoms with Gasteiger partial charge in [-0.25, -0.2) is 13.4 Å². The van der Waals surface area contributed by atoms with Crippen molar-refractivity contribution in [3.8, 4) is 0 Å². The van der Waals surface area contributed by atoms with Crippen LogP contribution >= 0.6 is 11.6 Å². The third-order valence-electron chi connectivity index (χ3n) is 8.06. The highest BCUT2D eigenvalue weighted by atomic mass is 35.5. The summed E-state index contributed by atoms with van der Waals surface area (Å²) in [5.41, 5.74) is 1.30. The van der Waals surface area contributed by atoms with Crippen molar-refractivity contribution >= 4 is 44.3 Å². The van der Waals surface area contributed by atoms with Gasteiger partial charge in [-0.2, -0.15) is 9.04 Å². The third-order valence-corrected chi connectivity index (χ3v) is 10.1. The van der Waals surface area contributed by atoms with E-state index in [0.717, 1.165) is 12.2 Å². The lowest BCUT2D eigenvalue weighted by Crippen LogP contribution is -2.58. The number of fused-ring (bicyclic) bond motifs is 2. The molecule has 0 aliphatic carbocycles. The first kappa shape index (κ1) is 28.9. The van der Waals surface area contributed by atoms with E-state index >= 15 is 0 Å². The number of carbonyl (C=O) groups excluding carboxylic acids is 2. The quantitative estimate of drug-likeness (QED) is 0.397. The second-order valence-electron chi connectivity index (χ2n) is 10.8. The van der Waals surface area contributed by atoms with Crippen molar-refractivity contribution in [1.29, 1.82) is 0 Å². The van der Waals surface area contributed by atoms with Crippen LogP contribution in [0.5, 0.6) is 0 Å². The summed E-state index contributed by atoms with van der Waals surface area (Å²) in [6.07, 6.45) is 0.621. The molecule has 42 heavy (non-hydrogen) atoms. The van der Waals surface area contributed by atoms with Gasteiger partial charge in [0.1, 0.15) is 12.9 Å². The van der Waals surface area contributed by atoms with Crippen LogP contribution in [0, 0.1) is 0 Å². The van der Waals surface area contributed by atoms with E-state index in [-0.39, 0.29) is 42.9 Å². The van der Waals surface area contributed by atoms with Gasteiger partial charge in [0.25, 0.3) is 15.9 Å². The minimum atomic E-state index is -4.09. The number of carbonyl (C=O) groups is 2. The van der Waals surface area contributed by atoms with Crippen LogP contribution in [0.2, 0.25) is 5.02 Å². The Bertz CT molecular complexity index is 1620. The molecule has 2 saturated heterocycles. The maximum Gasteiger partial charge on any atom is 0.310 e. The molecule has 2 amide bonds. The minimum absolute atomic E-state index is 0.0193. The lowest BCUT2D eigenvalue weighted by Gasteiger charge is -2.40. The SMILES string of the molecule is COn1c(S(=O)(=O)N2CCN(C(=O)c3nc4c(o3)CN(C)CC4)C(CC(=O)N3CCOCC3)C2)cc2cc(Cl)ccc21. The second kappa shape index (κ2) is 11.5. The van der Waals surface area contributed by atoms with E-state index in [9.17, 15) is 18.0 Å². The van der Waals surface area contributed by atoms with Gasteiger partial charge in [-0.05, 0) is 31.3 Å². The number of sulfonamides is 1. The summed E-state index contributed by atoms with van der Waals surface area (Å²) in [6.45, 7) is 3.11. The van der Waals surface area contributed by atoms with E-state index < -0.39 is 22.0 Å². The molecule has 3 aliphatic heterocycles. The summed E-state index contributed by atoms with van der Waals surface area (Å²) >= 11 is 6.15. The molecule has 13 nitrogen and oxygen atoms in total. The van der Waals surface area contributed by atoms with Crippen molar-refractivity contribution < 1.29 is 32.0 Å². The first-order valence-corrected chi connectivity index (χ1v) is 15.7. The summed E-state index contributed by atoms with van der Waals surface area (Å²) in [4.78, 5) is 42.3. The largest absolute Gasteiger partial charge is 0.436 e. The first-order chi connectivity index (χ1) is 20.2. The fourth-order valence-corrected chi connectivity index (χ4v) is 7.60. The number of oxazole rings is 1. The number of rotatable bonds is 6. The molecular weight excluding hydrogens is 588 g/mol. The van der Waals surface area contributed by atoms with Crippen LogP contribution in [0.4, 0.5) is 0 Å². The molecule has 15 heteroatoms. The highest BCUT2D eigenvalue weighted by Gasteiger charge is 2.41. The molecule has 0 radical (unpaired) electrons. The number of likely N-dealkylation sites (N-methyl/N-ethyl adjacent to an activating group) is 1. The number of benzene rings is 1. The van der Waals surface area contributed by atoms with Gasteiger partial charge in [-0.3, -0.25) is 14.5 Å². The number of hydrogen-bond donors (Lipinski definition) is 0. The number of aromatic nitrogens is 2. The van der Waals surface area contributed by atoms with E-state index in [2.05, 4.69) is 9.88 Å². The summed E-state index contributed by atoms with van der Waals surface area (Å²) in [7, 11) is -0.735. The number of amides is 2. The Kier molecular flexibility index (Phi) is 7.91. The Morgan fingerprint density at radius 3 is 2.67 bits per heavy atom. The van der Waals surface area contributed by atoms with Crippen molar-refractivity contribution in [3.63, 3.8) is 0 Å². The standard InChI is InChI=1S/C27H33ClN6O7S/c1-30-6-5-21-23(17-30)41-26(29-21)27(36)33-8-7-32(16-20(33)15-24(35)31-9-11-40-12-10-31)42(37,38)25-14-18-13-19(28)3-4-22(18)34(25)39-2/h3-4,13-14,20H,5-12,15-17H2,1-2H3. The van der Waals surface area contributed by atoms with Crippen LogP contribution in [0.15, 0.2) is 33.7 Å². The molecule has 6 rings (SSSR count). The van der Waals surface area contributed by atoms with Gasteiger partial charge in [0.15, 0.2) is 5.03 Å². The number of morpholine rings is 1. The van der Waals surface area contributed by atoms with Gasteiger partial charge in [-0.1, -0.05) is 11.6 Å². The normalized spacial score (nSPS) is 20.6. The highest BCUT2D eigenvalue weighted by Crippen LogP contribution is 2.30. The molecule has 1 unspecified atom stereocenters. The maximum atomic E-state index is 14.0. The van der Waals surface area contributed by atoms with Crippen LogP contribution in [-0.4, -0.2) is 122 Å². The highest BCUT2D eigenvalue weighted by molar-refractivity contribution is 7.89. The average Bonchev–Trinajstić information content (AvgIpc) is 3.58. The number of hydrogen-bond acceptors (Lipinski definition) is 9. The van der Waals surface area contributed by atoms with Crippen LogP contribution in [0.1, 0.15) is 28.6 Å². The number of ether oxygens (including phenoxy) is 1. The second-order valence-corrected chi connectivity index (χ2v) is 13.1. The molecule has 0 N–H and O–H groups in total. The predicted molar refractivity (Wildman–Crippen MR) is 152 cm³/mol. The summed E-state index contributed by atoms with van der Waals surface area (Å²) in [5, 5.41) is 1.01. The fraction of sp³-hybridized carbons (Fsp3) is 0.519. The summed E-state index contributed by atoms with van der Waals surface area (Å²) in [5.74, 6) is -0.00702. The molecule has 5 heterocycles. The van der Waals surface area contributed by atoms with E-state index in [1.165, 1.54) is 27.1 Å². The molecule has 1 atom stereocenters. The molecule has 0 saturated carbocycles. The average molecular weight is 621 g/mol. The monoisotopic (exact) mass is 620 g/mol. The van der Waals surface area contributed by atoms with Gasteiger partial charge in [-0.15, -0.1) is 0 Å². The molecule has 0 spiro atoms. The van der Waals surface area contributed by atoms with Gasteiger partial charge < -0.3 is 23.8 Å². The van der Waals surface area contributed by atoms with E-state index in [1.807, 2.05) is 7.05 Å². The Morgan fingerprint density at radius 1 is 1.12 bits per heavy atom. The van der Waals surface area contributed by atoms with Crippen molar-refractivity contribution in [2.75, 3.05) is 66.6 Å². The number of piperazine rings is 1. The van der Waals surface area contributed by atoms with E-state index in [4.69, 9.17) is 25.6 Å². The Balaban J connectivity index is 1.30. The van der Waals surface area contributed by atoms with Crippen molar-refractivity contribution in [2.45, 2.75) is 30.5 Å². The van der Waals surface area contributed by atoms with Crippen LogP contribution < -0.4 is 4.84 Å². The summed E-state index contributed by atoms with van der Waals surface area (Å²) < 4.78 is 41.8. The van der Waals surface area contributed by atoms with E-state index in [0.29, 0.717) is 61.0 Å². The van der Waals surface area contributed by atoms with Crippen molar-refractivity contribution in [3.05, 3.63) is 46.6 Å². The van der Waals surface area contributed by atoms with Gasteiger partial charge in [0.05, 0.1) is 37.0 Å². The molecule has 0 bridgehead atoms. The zero-order valence-corrected chi connectivity index (χ0v) is 25.1. The predicted octanol–water partition coefficient (Wildman–Crippen LogP) is 1.09. The van der Waals surface area contributed by atoms with Crippen molar-refractivity contribution in [2.24, 2.45) is 0 Å². The molecule has 2 fully saturated rings.